The lowest BCUT2D eigenvalue weighted by atomic mass is 10.1. The highest BCUT2D eigenvalue weighted by Crippen LogP contribution is 2.14. The summed E-state index contributed by atoms with van der Waals surface area (Å²) in [5.41, 5.74) is 3.20. The van der Waals surface area contributed by atoms with E-state index < -0.39 is 0 Å². The normalized spacial score (nSPS) is 23.6. The van der Waals surface area contributed by atoms with Crippen molar-refractivity contribution in [1.29, 1.82) is 0 Å². The molecule has 20 heavy (non-hydrogen) atoms. The number of aryl methyl sites for hydroxylation is 2. The number of nitrogens with one attached hydrogen (secondary N) is 1. The van der Waals surface area contributed by atoms with Crippen molar-refractivity contribution in [2.75, 3.05) is 25.0 Å². The first-order chi connectivity index (χ1) is 9.42. The van der Waals surface area contributed by atoms with Crippen molar-refractivity contribution in [3.8, 4) is 0 Å². The van der Waals surface area contributed by atoms with Gasteiger partial charge in [0.1, 0.15) is 0 Å². The molecule has 1 aromatic carbocycles. The van der Waals surface area contributed by atoms with Gasteiger partial charge in [0.05, 0.1) is 18.8 Å². The molecule has 0 bridgehead atoms. The Morgan fingerprint density at radius 3 is 2.30 bits per heavy atom. The molecule has 1 saturated heterocycles. The average molecular weight is 276 g/mol. The predicted molar refractivity (Wildman–Crippen MR) is 81.0 cm³/mol. The molecule has 1 heterocycles. The lowest BCUT2D eigenvalue weighted by Gasteiger charge is -2.34. The van der Waals surface area contributed by atoms with Crippen LogP contribution in [0.5, 0.6) is 0 Å². The van der Waals surface area contributed by atoms with Gasteiger partial charge in [-0.3, -0.25) is 9.69 Å². The van der Waals surface area contributed by atoms with E-state index in [1.165, 1.54) is 0 Å². The van der Waals surface area contributed by atoms with Crippen molar-refractivity contribution in [3.63, 3.8) is 0 Å². The highest BCUT2D eigenvalue weighted by atomic mass is 16.5. The van der Waals surface area contributed by atoms with E-state index >= 15 is 0 Å². The fourth-order valence-corrected chi connectivity index (χ4v) is 2.86. The maximum absolute atomic E-state index is 12.1. The Bertz CT molecular complexity index is 457. The van der Waals surface area contributed by atoms with Gasteiger partial charge in [-0.05, 0) is 51.0 Å². The van der Waals surface area contributed by atoms with E-state index in [1.54, 1.807) is 0 Å². The number of carbonyl (C=O) groups is 1. The van der Waals surface area contributed by atoms with E-state index in [0.29, 0.717) is 6.54 Å². The Hall–Kier alpha value is -1.39. The van der Waals surface area contributed by atoms with E-state index in [2.05, 4.69) is 16.3 Å². The molecule has 1 amide bonds. The van der Waals surface area contributed by atoms with Gasteiger partial charge in [-0.25, -0.2) is 0 Å². The molecule has 1 N–H and O–H groups in total. The fraction of sp³-hybridized carbons (Fsp3) is 0.562. The van der Waals surface area contributed by atoms with Gasteiger partial charge in [-0.2, -0.15) is 0 Å². The summed E-state index contributed by atoms with van der Waals surface area (Å²) in [4.78, 5) is 14.3. The SMILES string of the molecule is Cc1cc(C)cc(NC(=O)CN2C[C@@H](C)O[C@H](C)C2)c1. The number of anilines is 1. The Balaban J connectivity index is 1.92. The minimum absolute atomic E-state index is 0.0382. The molecule has 0 radical (unpaired) electrons. The van der Waals surface area contributed by atoms with Crippen LogP contribution in [0.15, 0.2) is 18.2 Å². The van der Waals surface area contributed by atoms with Crippen LogP contribution in [-0.4, -0.2) is 42.6 Å². The molecule has 2 rings (SSSR count). The molecule has 1 aliphatic heterocycles. The number of amides is 1. The van der Waals surface area contributed by atoms with E-state index in [0.717, 1.165) is 29.9 Å². The summed E-state index contributed by atoms with van der Waals surface area (Å²) >= 11 is 0. The maximum Gasteiger partial charge on any atom is 0.238 e. The molecule has 0 aromatic heterocycles. The van der Waals surface area contributed by atoms with Crippen LogP contribution in [0.3, 0.4) is 0 Å². The van der Waals surface area contributed by atoms with Crippen LogP contribution in [0.2, 0.25) is 0 Å². The van der Waals surface area contributed by atoms with Gasteiger partial charge in [-0.1, -0.05) is 6.07 Å². The van der Waals surface area contributed by atoms with Gasteiger partial charge in [0.25, 0.3) is 0 Å². The molecule has 1 fully saturated rings. The van der Waals surface area contributed by atoms with Crippen molar-refractivity contribution < 1.29 is 9.53 Å². The van der Waals surface area contributed by atoms with Gasteiger partial charge < -0.3 is 10.1 Å². The second-order valence-electron chi connectivity index (χ2n) is 5.88. The van der Waals surface area contributed by atoms with Gasteiger partial charge in [-0.15, -0.1) is 0 Å². The number of ether oxygens (including phenoxy) is 1. The maximum atomic E-state index is 12.1. The molecule has 1 aromatic rings. The molecular weight excluding hydrogens is 252 g/mol. The standard InChI is InChI=1S/C16H24N2O2/c1-11-5-12(2)7-15(6-11)17-16(19)10-18-8-13(3)20-14(4)9-18/h5-7,13-14H,8-10H2,1-4H3,(H,17,19)/t13-,14-/m1/s1. The van der Waals surface area contributed by atoms with Crippen molar-refractivity contribution in [1.82, 2.24) is 4.90 Å². The molecular formula is C16H24N2O2. The van der Waals surface area contributed by atoms with E-state index in [-0.39, 0.29) is 18.1 Å². The second-order valence-corrected chi connectivity index (χ2v) is 5.88. The number of carbonyl (C=O) groups excluding carboxylic acids is 1. The van der Waals surface area contributed by atoms with Crippen LogP contribution in [-0.2, 0) is 9.53 Å². The minimum atomic E-state index is 0.0382. The summed E-state index contributed by atoms with van der Waals surface area (Å²) in [5, 5.41) is 2.98. The van der Waals surface area contributed by atoms with E-state index in [4.69, 9.17) is 4.74 Å². The van der Waals surface area contributed by atoms with Gasteiger partial charge in [0.2, 0.25) is 5.91 Å². The lowest BCUT2D eigenvalue weighted by Crippen LogP contribution is -2.48. The first-order valence-corrected chi connectivity index (χ1v) is 7.18. The number of hydrogen-bond donors (Lipinski definition) is 1. The largest absolute Gasteiger partial charge is 0.373 e. The second kappa shape index (κ2) is 6.37. The molecule has 2 atom stereocenters. The predicted octanol–water partition coefficient (Wildman–Crippen LogP) is 2.35. The summed E-state index contributed by atoms with van der Waals surface area (Å²) in [6.45, 7) is 10.2. The lowest BCUT2D eigenvalue weighted by molar-refractivity contribution is -0.121. The Morgan fingerprint density at radius 1 is 1.20 bits per heavy atom. The number of nitrogens with zero attached hydrogens (tertiary/aromatic N) is 1. The molecule has 0 aliphatic carbocycles. The molecule has 0 unspecified atom stereocenters. The Morgan fingerprint density at radius 2 is 1.75 bits per heavy atom. The third-order valence-corrected chi connectivity index (χ3v) is 3.37. The summed E-state index contributed by atoms with van der Waals surface area (Å²) in [6.07, 6.45) is 0.375. The zero-order valence-electron chi connectivity index (χ0n) is 12.8. The number of rotatable bonds is 3. The van der Waals surface area contributed by atoms with E-state index in [1.807, 2.05) is 39.8 Å². The molecule has 4 heteroatoms. The molecule has 0 spiro atoms. The first kappa shape index (κ1) is 15.0. The first-order valence-electron chi connectivity index (χ1n) is 7.18. The molecule has 110 valence electrons. The van der Waals surface area contributed by atoms with Gasteiger partial charge in [0, 0.05) is 18.8 Å². The highest BCUT2D eigenvalue weighted by Gasteiger charge is 2.23. The van der Waals surface area contributed by atoms with Crippen LogP contribution in [0.1, 0.15) is 25.0 Å². The van der Waals surface area contributed by atoms with Crippen LogP contribution in [0, 0.1) is 13.8 Å². The highest BCUT2D eigenvalue weighted by molar-refractivity contribution is 5.92. The van der Waals surface area contributed by atoms with Crippen LogP contribution in [0.4, 0.5) is 5.69 Å². The van der Waals surface area contributed by atoms with Crippen LogP contribution >= 0.6 is 0 Å². The quantitative estimate of drug-likeness (QED) is 0.921. The molecule has 1 aliphatic rings. The van der Waals surface area contributed by atoms with Crippen molar-refractivity contribution in [2.45, 2.75) is 39.9 Å². The zero-order valence-corrected chi connectivity index (χ0v) is 12.8. The Kier molecular flexibility index (Phi) is 4.78. The monoisotopic (exact) mass is 276 g/mol. The molecule has 0 saturated carbocycles. The summed E-state index contributed by atoms with van der Waals surface area (Å²) in [6, 6.07) is 6.09. The van der Waals surface area contributed by atoms with Gasteiger partial charge in [0.15, 0.2) is 0 Å². The number of hydrogen-bond acceptors (Lipinski definition) is 3. The zero-order chi connectivity index (χ0) is 14.7. The molecule has 4 nitrogen and oxygen atoms in total. The van der Waals surface area contributed by atoms with Crippen molar-refractivity contribution >= 4 is 11.6 Å². The summed E-state index contributed by atoms with van der Waals surface area (Å²) in [7, 11) is 0. The third kappa shape index (κ3) is 4.32. The summed E-state index contributed by atoms with van der Waals surface area (Å²) < 4.78 is 5.67. The Labute approximate surface area is 121 Å². The van der Waals surface area contributed by atoms with Crippen LogP contribution < -0.4 is 5.32 Å². The van der Waals surface area contributed by atoms with Crippen molar-refractivity contribution in [2.24, 2.45) is 0 Å². The average Bonchev–Trinajstić information content (AvgIpc) is 2.24. The summed E-state index contributed by atoms with van der Waals surface area (Å²) in [5.74, 6) is 0.0382. The smallest absolute Gasteiger partial charge is 0.238 e. The van der Waals surface area contributed by atoms with Crippen LogP contribution in [0.25, 0.3) is 0 Å². The third-order valence-electron chi connectivity index (χ3n) is 3.37. The fourth-order valence-electron chi connectivity index (χ4n) is 2.86. The topological polar surface area (TPSA) is 41.6 Å². The van der Waals surface area contributed by atoms with Crippen molar-refractivity contribution in [3.05, 3.63) is 29.3 Å². The number of benzene rings is 1. The van der Waals surface area contributed by atoms with E-state index in [9.17, 15) is 4.79 Å². The number of morpholine rings is 1. The van der Waals surface area contributed by atoms with Gasteiger partial charge >= 0.3 is 0 Å². The minimum Gasteiger partial charge on any atom is -0.373 e.